The van der Waals surface area contributed by atoms with Crippen LogP contribution in [-0.2, 0) is 4.79 Å². The summed E-state index contributed by atoms with van der Waals surface area (Å²) in [4.78, 5) is 23.7. The lowest BCUT2D eigenvalue weighted by Gasteiger charge is -2.36. The quantitative estimate of drug-likeness (QED) is 0.330. The van der Waals surface area contributed by atoms with E-state index < -0.39 is 0 Å². The minimum atomic E-state index is 0. The molecule has 0 radical (unpaired) electrons. The second kappa shape index (κ2) is 12.2. The lowest BCUT2D eigenvalue weighted by atomic mass is 10.2. The van der Waals surface area contributed by atoms with Gasteiger partial charge >= 0.3 is 0 Å². The summed E-state index contributed by atoms with van der Waals surface area (Å²) in [5.74, 6) is 0.630. The van der Waals surface area contributed by atoms with Crippen molar-refractivity contribution in [2.24, 2.45) is 10.7 Å². The molecule has 2 aliphatic rings. The molecule has 3 N–H and O–H groups in total. The van der Waals surface area contributed by atoms with Gasteiger partial charge in [-0.25, -0.2) is 0 Å². The zero-order chi connectivity index (χ0) is 19.8. The molecular weight excluding hydrogens is 479 g/mol. The Morgan fingerprint density at radius 2 is 1.90 bits per heavy atom. The largest absolute Gasteiger partial charge is 0.370 e. The van der Waals surface area contributed by atoms with Gasteiger partial charge in [-0.3, -0.25) is 14.7 Å². The lowest BCUT2D eigenvalue weighted by Crippen LogP contribution is -2.49. The van der Waals surface area contributed by atoms with Gasteiger partial charge < -0.3 is 20.9 Å². The van der Waals surface area contributed by atoms with Crippen LogP contribution < -0.4 is 16.0 Å². The van der Waals surface area contributed by atoms with Crippen LogP contribution in [0.3, 0.4) is 0 Å². The first-order chi connectivity index (χ1) is 13.7. The number of rotatable bonds is 7. The number of guanidine groups is 1. The van der Waals surface area contributed by atoms with Crippen molar-refractivity contribution in [3.8, 4) is 0 Å². The lowest BCUT2D eigenvalue weighted by molar-refractivity contribution is -0.131. The third kappa shape index (κ3) is 7.02. The number of nitrogens with one attached hydrogen (secondary N) is 1. The predicted molar refractivity (Wildman–Crippen MR) is 130 cm³/mol. The molecule has 2 fully saturated rings. The number of carbonyl (C=O) groups excluding carboxylic acids is 1. The maximum absolute atomic E-state index is 12.5. The average molecular weight is 514 g/mol. The predicted octanol–water partition coefficient (Wildman–Crippen LogP) is 1.73. The van der Waals surface area contributed by atoms with E-state index in [1.807, 2.05) is 11.0 Å². The Bertz CT molecular complexity index is 648. The fourth-order valence-corrected chi connectivity index (χ4v) is 4.09. The number of hydrogen-bond acceptors (Lipinski definition) is 4. The SMILES string of the molecule is CCN1CCCC1CN=C(N)NCCC(=O)N1CCN(c2ccccc2)CC1.I. The summed E-state index contributed by atoms with van der Waals surface area (Å²) in [6.07, 6.45) is 2.89. The number of piperazine rings is 1. The third-order valence-corrected chi connectivity index (χ3v) is 5.78. The smallest absolute Gasteiger partial charge is 0.224 e. The highest BCUT2D eigenvalue weighted by molar-refractivity contribution is 14.0. The van der Waals surface area contributed by atoms with Crippen LogP contribution in [0.1, 0.15) is 26.2 Å². The summed E-state index contributed by atoms with van der Waals surface area (Å²) in [5, 5.41) is 3.10. The second-order valence-corrected chi connectivity index (χ2v) is 7.53. The molecule has 7 nitrogen and oxygen atoms in total. The number of halogens is 1. The Hall–Kier alpha value is -1.55. The standard InChI is InChI=1S/C21H34N6O.HI/c1-2-25-12-6-9-19(25)17-24-21(22)23-11-10-20(28)27-15-13-26(14-16-27)18-7-4-3-5-8-18;/h3-5,7-8,19H,2,6,9-17H2,1H3,(H3,22,23,24);1H. The molecule has 162 valence electrons. The Kier molecular flexibility index (Phi) is 9.99. The maximum Gasteiger partial charge on any atom is 0.224 e. The zero-order valence-corrected chi connectivity index (χ0v) is 19.8. The first-order valence-corrected chi connectivity index (χ1v) is 10.5. The number of benzene rings is 1. The number of aliphatic imine (C=N–C) groups is 1. The van der Waals surface area contributed by atoms with E-state index in [9.17, 15) is 4.79 Å². The van der Waals surface area contributed by atoms with Crippen molar-refractivity contribution in [1.29, 1.82) is 0 Å². The number of nitrogens with zero attached hydrogens (tertiary/aromatic N) is 4. The number of carbonyl (C=O) groups is 1. The van der Waals surface area contributed by atoms with Crippen molar-refractivity contribution in [3.63, 3.8) is 0 Å². The maximum atomic E-state index is 12.5. The molecule has 1 atom stereocenters. The second-order valence-electron chi connectivity index (χ2n) is 7.53. The summed E-state index contributed by atoms with van der Waals surface area (Å²) in [6, 6.07) is 10.9. The Morgan fingerprint density at radius 1 is 1.17 bits per heavy atom. The molecule has 2 saturated heterocycles. The molecular formula is C21H35IN6O. The molecule has 0 bridgehead atoms. The van der Waals surface area contributed by atoms with E-state index in [2.05, 4.69) is 51.3 Å². The highest BCUT2D eigenvalue weighted by Gasteiger charge is 2.23. The van der Waals surface area contributed by atoms with E-state index in [1.54, 1.807) is 0 Å². The highest BCUT2D eigenvalue weighted by atomic mass is 127. The molecule has 1 aromatic carbocycles. The fraction of sp³-hybridized carbons (Fsp3) is 0.619. The number of anilines is 1. The van der Waals surface area contributed by atoms with Crippen molar-refractivity contribution < 1.29 is 4.79 Å². The highest BCUT2D eigenvalue weighted by Crippen LogP contribution is 2.17. The minimum Gasteiger partial charge on any atom is -0.370 e. The van der Waals surface area contributed by atoms with Crippen molar-refractivity contribution in [2.75, 3.05) is 57.3 Å². The van der Waals surface area contributed by atoms with E-state index in [0.717, 1.165) is 45.8 Å². The van der Waals surface area contributed by atoms with Gasteiger partial charge in [0.15, 0.2) is 5.96 Å². The van der Waals surface area contributed by atoms with Crippen LogP contribution in [0.2, 0.25) is 0 Å². The number of amides is 1. The Morgan fingerprint density at radius 3 is 2.59 bits per heavy atom. The van der Waals surface area contributed by atoms with Gasteiger partial charge in [0.1, 0.15) is 0 Å². The molecule has 2 heterocycles. The van der Waals surface area contributed by atoms with E-state index in [4.69, 9.17) is 5.73 Å². The number of nitrogens with two attached hydrogens (primary N) is 1. The van der Waals surface area contributed by atoms with Gasteiger partial charge in [-0.2, -0.15) is 0 Å². The number of likely N-dealkylation sites (N-methyl/N-ethyl adjacent to an activating group) is 1. The van der Waals surface area contributed by atoms with Gasteiger partial charge in [0.2, 0.25) is 5.91 Å². The number of hydrogen-bond donors (Lipinski definition) is 2. The average Bonchev–Trinajstić information content (AvgIpc) is 3.20. The Labute approximate surface area is 191 Å². The van der Waals surface area contributed by atoms with Crippen LogP contribution in [-0.4, -0.2) is 80.1 Å². The summed E-state index contributed by atoms with van der Waals surface area (Å²) >= 11 is 0. The van der Waals surface area contributed by atoms with Crippen molar-refractivity contribution in [1.82, 2.24) is 15.1 Å². The molecule has 29 heavy (non-hydrogen) atoms. The van der Waals surface area contributed by atoms with Crippen LogP contribution in [0.5, 0.6) is 0 Å². The molecule has 2 aliphatic heterocycles. The van der Waals surface area contributed by atoms with E-state index in [0.29, 0.717) is 25.0 Å². The summed E-state index contributed by atoms with van der Waals surface area (Å²) in [6.45, 7) is 8.99. The van der Waals surface area contributed by atoms with Crippen LogP contribution in [0.15, 0.2) is 35.3 Å². The third-order valence-electron chi connectivity index (χ3n) is 5.78. The van der Waals surface area contributed by atoms with Gasteiger partial charge in [0.05, 0.1) is 6.54 Å². The summed E-state index contributed by atoms with van der Waals surface area (Å²) < 4.78 is 0. The molecule has 0 spiro atoms. The molecule has 3 rings (SSSR count). The monoisotopic (exact) mass is 514 g/mol. The van der Waals surface area contributed by atoms with Gasteiger partial charge in [-0.05, 0) is 38.1 Å². The molecule has 1 unspecified atom stereocenters. The molecule has 0 aromatic heterocycles. The van der Waals surface area contributed by atoms with Gasteiger partial charge in [0.25, 0.3) is 0 Å². The first-order valence-electron chi connectivity index (χ1n) is 10.5. The van der Waals surface area contributed by atoms with Crippen LogP contribution >= 0.6 is 24.0 Å². The molecule has 0 saturated carbocycles. The molecule has 0 aliphatic carbocycles. The van der Waals surface area contributed by atoms with E-state index in [-0.39, 0.29) is 29.9 Å². The van der Waals surface area contributed by atoms with Crippen LogP contribution in [0.25, 0.3) is 0 Å². The van der Waals surface area contributed by atoms with Crippen LogP contribution in [0, 0.1) is 0 Å². The Balaban J connectivity index is 0.00000300. The molecule has 8 heteroatoms. The van der Waals surface area contributed by atoms with Gasteiger partial charge in [0, 0.05) is 50.9 Å². The summed E-state index contributed by atoms with van der Waals surface area (Å²) in [7, 11) is 0. The van der Waals surface area contributed by atoms with Crippen molar-refractivity contribution in [3.05, 3.63) is 30.3 Å². The zero-order valence-electron chi connectivity index (χ0n) is 17.4. The minimum absolute atomic E-state index is 0. The summed E-state index contributed by atoms with van der Waals surface area (Å²) in [5.41, 5.74) is 7.20. The molecule has 1 aromatic rings. The van der Waals surface area contributed by atoms with Gasteiger partial charge in [-0.15, -0.1) is 24.0 Å². The van der Waals surface area contributed by atoms with E-state index >= 15 is 0 Å². The first kappa shape index (κ1) is 23.7. The molecule has 1 amide bonds. The number of likely N-dealkylation sites (tertiary alicyclic amines) is 1. The van der Waals surface area contributed by atoms with E-state index in [1.165, 1.54) is 18.5 Å². The van der Waals surface area contributed by atoms with Crippen molar-refractivity contribution >= 4 is 41.5 Å². The topological polar surface area (TPSA) is 77.2 Å². The van der Waals surface area contributed by atoms with Crippen LogP contribution in [0.4, 0.5) is 5.69 Å². The van der Waals surface area contributed by atoms with Crippen molar-refractivity contribution in [2.45, 2.75) is 32.2 Å². The normalized spacial score (nSPS) is 20.4. The number of para-hydroxylation sites is 1. The van der Waals surface area contributed by atoms with Gasteiger partial charge in [-0.1, -0.05) is 25.1 Å². The fourth-order valence-electron chi connectivity index (χ4n) is 4.09.